The van der Waals surface area contributed by atoms with Gasteiger partial charge in [-0.2, -0.15) is 5.10 Å². The number of nitrogen functional groups attached to an aromatic ring is 1. The molecule has 9 nitrogen and oxygen atoms in total. The molecule has 0 bridgehead atoms. The van der Waals surface area contributed by atoms with E-state index in [-0.39, 0.29) is 0 Å². The molecule has 3 aromatic rings. The van der Waals surface area contributed by atoms with Crippen LogP contribution in [0.4, 0.5) is 11.5 Å². The smallest absolute Gasteiger partial charge is 0.108 e. The van der Waals surface area contributed by atoms with Gasteiger partial charge in [-0.25, -0.2) is 0 Å². The number of nitrogens with zero attached hydrogens (tertiary/aromatic N) is 5. The van der Waals surface area contributed by atoms with E-state index in [0.717, 1.165) is 74.4 Å². The highest BCUT2D eigenvalue weighted by molar-refractivity contribution is 5.90. The topological polar surface area (TPSA) is 105 Å². The van der Waals surface area contributed by atoms with E-state index in [1.807, 2.05) is 18.5 Å². The number of likely N-dealkylation sites (tertiary alicyclic amines) is 1. The van der Waals surface area contributed by atoms with Gasteiger partial charge in [0.1, 0.15) is 5.82 Å². The zero-order chi connectivity index (χ0) is 25.5. The van der Waals surface area contributed by atoms with Gasteiger partial charge in [-0.3, -0.25) is 4.68 Å². The van der Waals surface area contributed by atoms with E-state index in [0.29, 0.717) is 30.2 Å². The van der Waals surface area contributed by atoms with Crippen LogP contribution in [0.1, 0.15) is 35.6 Å². The van der Waals surface area contributed by atoms with Crippen molar-refractivity contribution in [3.8, 4) is 11.1 Å². The van der Waals surface area contributed by atoms with Gasteiger partial charge >= 0.3 is 0 Å². The molecular formula is C28H38N8O. The van der Waals surface area contributed by atoms with Gasteiger partial charge in [-0.15, -0.1) is 0 Å². The summed E-state index contributed by atoms with van der Waals surface area (Å²) < 4.78 is 8.18. The Morgan fingerprint density at radius 1 is 1.11 bits per heavy atom. The lowest BCUT2D eigenvalue weighted by atomic mass is 10.0. The lowest BCUT2D eigenvalue weighted by Gasteiger charge is -2.40. The molecule has 1 atom stereocenters. The van der Waals surface area contributed by atoms with Crippen molar-refractivity contribution in [2.75, 3.05) is 64.1 Å². The normalized spacial score (nSPS) is 22.1. The third kappa shape index (κ3) is 4.74. The molecule has 2 aromatic heterocycles. The Morgan fingerprint density at radius 3 is 2.78 bits per heavy atom. The van der Waals surface area contributed by atoms with Gasteiger partial charge in [0.15, 0.2) is 0 Å². The highest BCUT2D eigenvalue weighted by Crippen LogP contribution is 2.34. The molecule has 1 aromatic carbocycles. The number of benzene rings is 1. The predicted octanol–water partition coefficient (Wildman–Crippen LogP) is 2.83. The molecule has 0 aliphatic carbocycles. The molecule has 1 unspecified atom stereocenters. The minimum absolute atomic E-state index is 0.386. The fourth-order valence-electron chi connectivity index (χ4n) is 5.96. The number of rotatable bonds is 4. The largest absolute Gasteiger partial charge is 0.398 e. The van der Waals surface area contributed by atoms with Gasteiger partial charge in [0, 0.05) is 65.7 Å². The Balaban J connectivity index is 1.26. The van der Waals surface area contributed by atoms with Crippen molar-refractivity contribution in [3.05, 3.63) is 53.5 Å². The molecule has 9 heteroatoms. The number of anilines is 2. The van der Waals surface area contributed by atoms with E-state index in [9.17, 15) is 0 Å². The van der Waals surface area contributed by atoms with Crippen LogP contribution in [-0.4, -0.2) is 84.0 Å². The standard InChI is InChI=1S/C28H38N8O/c1-33-7-5-22(6-8-33)36-15-21(13-32-36)25-14-31-28(30)24(25)12-26(29)19-3-4-27-20(11-19)17-37-18-23-16-34(2)9-10-35(23)27/h3-4,11-15,22-23,31H,5-10,16-18,29-30H2,1-2H3/b26-12-. The Bertz CT molecular complexity index is 1290. The summed E-state index contributed by atoms with van der Waals surface area (Å²) in [7, 11) is 4.36. The van der Waals surface area contributed by atoms with Crippen molar-refractivity contribution in [2.45, 2.75) is 31.5 Å². The summed E-state index contributed by atoms with van der Waals surface area (Å²) >= 11 is 0. The molecule has 3 aliphatic heterocycles. The fourth-order valence-corrected chi connectivity index (χ4v) is 5.96. The van der Waals surface area contributed by atoms with E-state index in [4.69, 9.17) is 21.3 Å². The highest BCUT2D eigenvalue weighted by atomic mass is 16.5. The maximum absolute atomic E-state index is 6.66. The third-order valence-electron chi connectivity index (χ3n) is 8.20. The Hall–Kier alpha value is -3.27. The zero-order valence-electron chi connectivity index (χ0n) is 21.9. The van der Waals surface area contributed by atoms with E-state index in [2.05, 4.69) is 62.9 Å². The van der Waals surface area contributed by atoms with Gasteiger partial charge in [0.25, 0.3) is 0 Å². The van der Waals surface area contributed by atoms with Crippen LogP contribution >= 0.6 is 0 Å². The number of ether oxygens (including phenoxy) is 1. The summed E-state index contributed by atoms with van der Waals surface area (Å²) in [5.74, 6) is 0.600. The zero-order valence-corrected chi connectivity index (χ0v) is 21.9. The first-order valence-corrected chi connectivity index (χ1v) is 13.3. The number of nitrogens with one attached hydrogen (secondary N) is 1. The monoisotopic (exact) mass is 502 g/mol. The summed E-state index contributed by atoms with van der Waals surface area (Å²) in [5.41, 5.74) is 20.1. The van der Waals surface area contributed by atoms with Gasteiger partial charge < -0.3 is 35.9 Å². The average molecular weight is 503 g/mol. The van der Waals surface area contributed by atoms with Crippen LogP contribution in [0.15, 0.2) is 36.8 Å². The molecule has 5 heterocycles. The van der Waals surface area contributed by atoms with Crippen LogP contribution < -0.4 is 16.4 Å². The number of hydrogen-bond donors (Lipinski definition) is 3. The van der Waals surface area contributed by atoms with Gasteiger partial charge in [0.2, 0.25) is 0 Å². The van der Waals surface area contributed by atoms with Crippen molar-refractivity contribution < 1.29 is 4.74 Å². The fraction of sp³-hybridized carbons (Fsp3) is 0.464. The predicted molar refractivity (Wildman–Crippen MR) is 149 cm³/mol. The molecule has 37 heavy (non-hydrogen) atoms. The Labute approximate surface area is 218 Å². The van der Waals surface area contributed by atoms with Crippen LogP contribution in [0, 0.1) is 0 Å². The van der Waals surface area contributed by atoms with Crippen LogP contribution in [0.3, 0.4) is 0 Å². The molecule has 0 saturated carbocycles. The summed E-state index contributed by atoms with van der Waals surface area (Å²) in [6.45, 7) is 6.63. The first kappa shape index (κ1) is 24.1. The van der Waals surface area contributed by atoms with Crippen LogP contribution in [0.25, 0.3) is 22.9 Å². The van der Waals surface area contributed by atoms with Crippen LogP contribution in [0.2, 0.25) is 0 Å². The molecule has 2 saturated heterocycles. The number of piperazine rings is 1. The molecule has 196 valence electrons. The number of likely N-dealkylation sites (N-methyl/N-ethyl adjacent to an activating group) is 1. The van der Waals surface area contributed by atoms with Crippen LogP contribution in [-0.2, 0) is 11.3 Å². The number of H-pyrrole nitrogens is 1. The lowest BCUT2D eigenvalue weighted by molar-refractivity contribution is 0.0959. The first-order valence-electron chi connectivity index (χ1n) is 13.3. The van der Waals surface area contributed by atoms with E-state index in [1.54, 1.807) is 0 Å². The summed E-state index contributed by atoms with van der Waals surface area (Å²) in [5, 5.41) is 4.69. The molecule has 0 amide bonds. The van der Waals surface area contributed by atoms with Crippen molar-refractivity contribution in [1.82, 2.24) is 24.6 Å². The van der Waals surface area contributed by atoms with Crippen LogP contribution in [0.5, 0.6) is 0 Å². The summed E-state index contributed by atoms with van der Waals surface area (Å²) in [6.07, 6.45) is 10.2. The van der Waals surface area contributed by atoms with Crippen molar-refractivity contribution in [2.24, 2.45) is 5.73 Å². The quantitative estimate of drug-likeness (QED) is 0.504. The molecule has 6 rings (SSSR count). The molecular weight excluding hydrogens is 464 g/mol. The summed E-state index contributed by atoms with van der Waals surface area (Å²) in [4.78, 5) is 10.4. The molecule has 2 fully saturated rings. The second-order valence-electron chi connectivity index (χ2n) is 10.8. The minimum atomic E-state index is 0.386. The highest BCUT2D eigenvalue weighted by Gasteiger charge is 2.29. The number of piperidine rings is 1. The molecule has 0 spiro atoms. The maximum Gasteiger partial charge on any atom is 0.108 e. The first-order chi connectivity index (χ1) is 18.0. The molecule has 3 aliphatic rings. The Kier molecular flexibility index (Phi) is 6.44. The molecule has 5 N–H and O–H groups in total. The van der Waals surface area contributed by atoms with E-state index >= 15 is 0 Å². The lowest BCUT2D eigenvalue weighted by Crippen LogP contribution is -2.53. The van der Waals surface area contributed by atoms with E-state index < -0.39 is 0 Å². The number of aromatic amines is 1. The second kappa shape index (κ2) is 9.89. The molecule has 0 radical (unpaired) electrons. The van der Waals surface area contributed by atoms with E-state index in [1.165, 1.54) is 11.3 Å². The van der Waals surface area contributed by atoms with Crippen molar-refractivity contribution in [1.29, 1.82) is 0 Å². The second-order valence-corrected chi connectivity index (χ2v) is 10.8. The van der Waals surface area contributed by atoms with Crippen molar-refractivity contribution >= 4 is 23.3 Å². The Morgan fingerprint density at radius 2 is 1.95 bits per heavy atom. The third-order valence-corrected chi connectivity index (χ3v) is 8.20. The minimum Gasteiger partial charge on any atom is -0.398 e. The SMILES string of the molecule is CN1CCC(n2cc(-c3c[nH]c(N)c3/C=C(\N)c3ccc4c(c3)COCC3CN(C)CCN43)cn2)CC1. The number of fused-ring (bicyclic) bond motifs is 3. The van der Waals surface area contributed by atoms with Gasteiger partial charge in [0.05, 0.1) is 31.5 Å². The number of aromatic nitrogens is 3. The van der Waals surface area contributed by atoms with Crippen molar-refractivity contribution in [3.63, 3.8) is 0 Å². The van der Waals surface area contributed by atoms with Gasteiger partial charge in [-0.1, -0.05) is 6.07 Å². The maximum atomic E-state index is 6.66. The summed E-state index contributed by atoms with van der Waals surface area (Å²) in [6, 6.07) is 7.31. The number of nitrogens with two attached hydrogens (primary N) is 2. The number of hydrogen-bond acceptors (Lipinski definition) is 7. The van der Waals surface area contributed by atoms with Gasteiger partial charge in [-0.05, 0) is 63.8 Å². The average Bonchev–Trinajstić information content (AvgIpc) is 3.47.